The smallest absolute Gasteiger partial charge is 0.325 e. The molecule has 2 unspecified atom stereocenters. The number of amides is 4. The average molecular weight is 379 g/mol. The molecule has 0 bridgehead atoms. The van der Waals surface area contributed by atoms with E-state index in [1.54, 1.807) is 4.90 Å². The van der Waals surface area contributed by atoms with Crippen LogP contribution in [0.15, 0.2) is 0 Å². The van der Waals surface area contributed by atoms with E-state index in [0.717, 1.165) is 30.7 Å². The average Bonchev–Trinajstić information content (AvgIpc) is 2.77. The number of carbonyl (C=O) groups excluding carboxylic acids is 3. The standard InChI is InChI=1S/C20H34N4O3/c1-14-9-19(2,3)13-20(10-14)17(26)24(18(27)22-20)12-16(25)23-7-5-15(6-8-23)11-21-4/h14-15,21H,5-13H2,1-4H3,(H,22,27). The molecule has 1 aliphatic carbocycles. The van der Waals surface area contributed by atoms with Gasteiger partial charge in [-0.25, -0.2) is 4.79 Å². The summed E-state index contributed by atoms with van der Waals surface area (Å²) in [4.78, 5) is 41.3. The number of carbonyl (C=O) groups is 3. The first-order valence-corrected chi connectivity index (χ1v) is 10.2. The Hall–Kier alpha value is -1.63. The van der Waals surface area contributed by atoms with Gasteiger partial charge in [-0.1, -0.05) is 20.8 Å². The molecule has 4 amide bonds. The van der Waals surface area contributed by atoms with Crippen molar-refractivity contribution in [3.05, 3.63) is 0 Å². The Balaban J connectivity index is 1.63. The molecule has 2 atom stereocenters. The van der Waals surface area contributed by atoms with Gasteiger partial charge in [0.2, 0.25) is 5.91 Å². The SMILES string of the molecule is CNCC1CCN(C(=O)CN2C(=O)NC3(CC(C)CC(C)(C)C3)C2=O)CC1. The zero-order chi connectivity index (χ0) is 19.8. The minimum Gasteiger partial charge on any atom is -0.341 e. The first-order valence-electron chi connectivity index (χ1n) is 10.2. The van der Waals surface area contributed by atoms with Crippen molar-refractivity contribution in [2.45, 2.75) is 58.4 Å². The van der Waals surface area contributed by atoms with Crippen molar-refractivity contribution in [2.75, 3.05) is 33.2 Å². The van der Waals surface area contributed by atoms with E-state index in [1.807, 2.05) is 7.05 Å². The second-order valence-electron chi connectivity index (χ2n) is 9.64. The fourth-order valence-electron chi connectivity index (χ4n) is 5.56. The second kappa shape index (κ2) is 7.41. The summed E-state index contributed by atoms with van der Waals surface area (Å²) >= 11 is 0. The van der Waals surface area contributed by atoms with Crippen molar-refractivity contribution in [2.24, 2.45) is 17.3 Å². The summed E-state index contributed by atoms with van der Waals surface area (Å²) in [6.45, 7) is 8.64. The monoisotopic (exact) mass is 378 g/mol. The first-order chi connectivity index (χ1) is 12.7. The number of nitrogens with zero attached hydrogens (tertiary/aromatic N) is 2. The number of nitrogens with one attached hydrogen (secondary N) is 2. The van der Waals surface area contributed by atoms with E-state index in [1.165, 1.54) is 0 Å². The van der Waals surface area contributed by atoms with Crippen molar-refractivity contribution in [1.29, 1.82) is 0 Å². The maximum atomic E-state index is 13.1. The minimum atomic E-state index is -0.835. The van der Waals surface area contributed by atoms with Crippen molar-refractivity contribution >= 4 is 17.8 Å². The number of piperidine rings is 1. The predicted octanol–water partition coefficient (Wildman–Crippen LogP) is 1.58. The summed E-state index contributed by atoms with van der Waals surface area (Å²) in [5, 5.41) is 6.13. The molecule has 0 aromatic heterocycles. The van der Waals surface area contributed by atoms with Crippen molar-refractivity contribution in [3.63, 3.8) is 0 Å². The molecule has 152 valence electrons. The van der Waals surface area contributed by atoms with Crippen LogP contribution < -0.4 is 10.6 Å². The van der Waals surface area contributed by atoms with Crippen LogP contribution in [0, 0.1) is 17.3 Å². The molecule has 7 nitrogen and oxygen atoms in total. The third-order valence-corrected chi connectivity index (χ3v) is 6.38. The molecule has 7 heteroatoms. The Bertz CT molecular complexity index is 612. The van der Waals surface area contributed by atoms with Gasteiger partial charge >= 0.3 is 6.03 Å². The van der Waals surface area contributed by atoms with Gasteiger partial charge in [0.05, 0.1) is 0 Å². The van der Waals surface area contributed by atoms with Gasteiger partial charge in [-0.3, -0.25) is 14.5 Å². The van der Waals surface area contributed by atoms with Crippen LogP contribution in [0.25, 0.3) is 0 Å². The highest BCUT2D eigenvalue weighted by atomic mass is 16.2. The summed E-state index contributed by atoms with van der Waals surface area (Å²) in [6.07, 6.45) is 4.25. The van der Waals surface area contributed by atoms with Crippen LogP contribution in [0.4, 0.5) is 4.79 Å². The van der Waals surface area contributed by atoms with Crippen LogP contribution in [-0.4, -0.2) is 66.4 Å². The Morgan fingerprint density at radius 2 is 1.89 bits per heavy atom. The molecular weight excluding hydrogens is 344 g/mol. The predicted molar refractivity (Wildman–Crippen MR) is 103 cm³/mol. The largest absolute Gasteiger partial charge is 0.341 e. The van der Waals surface area contributed by atoms with Crippen LogP contribution in [0.5, 0.6) is 0 Å². The summed E-state index contributed by atoms with van der Waals surface area (Å²) in [5.74, 6) is 0.608. The minimum absolute atomic E-state index is 0.00415. The van der Waals surface area contributed by atoms with E-state index in [-0.39, 0.29) is 23.8 Å². The van der Waals surface area contributed by atoms with Gasteiger partial charge < -0.3 is 15.5 Å². The Kier molecular flexibility index (Phi) is 5.52. The number of imide groups is 1. The summed E-state index contributed by atoms with van der Waals surface area (Å²) in [5.41, 5.74) is -0.839. The Labute approximate surface area is 162 Å². The molecule has 2 aliphatic heterocycles. The number of urea groups is 1. The van der Waals surface area contributed by atoms with E-state index in [2.05, 4.69) is 31.4 Å². The second-order valence-corrected chi connectivity index (χ2v) is 9.64. The highest BCUT2D eigenvalue weighted by Crippen LogP contribution is 2.46. The van der Waals surface area contributed by atoms with Gasteiger partial charge in [0, 0.05) is 13.1 Å². The molecule has 2 saturated heterocycles. The van der Waals surface area contributed by atoms with Gasteiger partial charge in [0.1, 0.15) is 12.1 Å². The van der Waals surface area contributed by atoms with Crippen LogP contribution in [-0.2, 0) is 9.59 Å². The lowest BCUT2D eigenvalue weighted by Gasteiger charge is -2.43. The van der Waals surface area contributed by atoms with Crippen LogP contribution >= 0.6 is 0 Å². The van der Waals surface area contributed by atoms with Crippen molar-refractivity contribution in [3.8, 4) is 0 Å². The van der Waals surface area contributed by atoms with E-state index < -0.39 is 11.6 Å². The normalized spacial score (nSPS) is 31.5. The number of hydrogen-bond acceptors (Lipinski definition) is 4. The number of hydrogen-bond donors (Lipinski definition) is 2. The van der Waals surface area contributed by atoms with Crippen LogP contribution in [0.3, 0.4) is 0 Å². The van der Waals surface area contributed by atoms with Crippen molar-refractivity contribution in [1.82, 2.24) is 20.4 Å². The summed E-state index contributed by atoms with van der Waals surface area (Å²) in [6, 6.07) is -0.414. The number of rotatable bonds is 4. The summed E-state index contributed by atoms with van der Waals surface area (Å²) < 4.78 is 0. The lowest BCUT2D eigenvalue weighted by Crippen LogP contribution is -2.54. The highest BCUT2D eigenvalue weighted by molar-refractivity contribution is 6.09. The number of likely N-dealkylation sites (tertiary alicyclic amines) is 1. The molecule has 1 spiro atoms. The Morgan fingerprint density at radius 3 is 2.48 bits per heavy atom. The molecule has 3 aliphatic rings. The van der Waals surface area contributed by atoms with E-state index >= 15 is 0 Å². The molecule has 0 aromatic carbocycles. The lowest BCUT2D eigenvalue weighted by atomic mass is 9.64. The molecule has 2 N–H and O–H groups in total. The third-order valence-electron chi connectivity index (χ3n) is 6.38. The van der Waals surface area contributed by atoms with E-state index in [4.69, 9.17) is 0 Å². The van der Waals surface area contributed by atoms with E-state index in [9.17, 15) is 14.4 Å². The molecule has 2 heterocycles. The Morgan fingerprint density at radius 1 is 1.22 bits per heavy atom. The maximum absolute atomic E-state index is 13.1. The van der Waals surface area contributed by atoms with Gasteiger partial charge in [0.25, 0.3) is 5.91 Å². The van der Waals surface area contributed by atoms with Crippen LogP contribution in [0.2, 0.25) is 0 Å². The fraction of sp³-hybridized carbons (Fsp3) is 0.850. The molecule has 1 saturated carbocycles. The molecule has 0 radical (unpaired) electrons. The van der Waals surface area contributed by atoms with Crippen molar-refractivity contribution < 1.29 is 14.4 Å². The zero-order valence-electron chi connectivity index (χ0n) is 17.1. The highest BCUT2D eigenvalue weighted by Gasteiger charge is 2.56. The van der Waals surface area contributed by atoms with Gasteiger partial charge in [-0.2, -0.15) is 0 Å². The molecule has 3 fully saturated rings. The lowest BCUT2D eigenvalue weighted by molar-refractivity contribution is -0.141. The van der Waals surface area contributed by atoms with Gasteiger partial charge in [-0.05, 0) is 62.9 Å². The fourth-order valence-corrected chi connectivity index (χ4v) is 5.56. The first kappa shape index (κ1) is 20.1. The zero-order valence-corrected chi connectivity index (χ0v) is 17.1. The molecular formula is C20H34N4O3. The van der Waals surface area contributed by atoms with E-state index in [0.29, 0.717) is 37.8 Å². The topological polar surface area (TPSA) is 81.8 Å². The molecule has 27 heavy (non-hydrogen) atoms. The third kappa shape index (κ3) is 4.13. The summed E-state index contributed by atoms with van der Waals surface area (Å²) in [7, 11) is 1.94. The maximum Gasteiger partial charge on any atom is 0.325 e. The van der Waals surface area contributed by atoms with Gasteiger partial charge in [0.15, 0.2) is 0 Å². The van der Waals surface area contributed by atoms with Gasteiger partial charge in [-0.15, -0.1) is 0 Å². The quantitative estimate of drug-likeness (QED) is 0.728. The molecule has 0 aromatic rings. The van der Waals surface area contributed by atoms with Crippen LogP contribution in [0.1, 0.15) is 52.9 Å². The molecule has 3 rings (SSSR count).